The van der Waals surface area contributed by atoms with Crippen LogP contribution in [-0.4, -0.2) is 17.0 Å². The molecule has 0 N–H and O–H groups in total. The smallest absolute Gasteiger partial charge is 0.186 e. The largest absolute Gasteiger partial charge is 0.347 e. The topological polar surface area (TPSA) is 29.0 Å². The molecule has 0 aliphatic carbocycles. The Bertz CT molecular complexity index is 691. The molecular weight excluding hydrogens is 254 g/mol. The van der Waals surface area contributed by atoms with Crippen LogP contribution in [0.3, 0.4) is 0 Å². The van der Waals surface area contributed by atoms with Gasteiger partial charge in [0, 0.05) is 26.0 Å². The number of fused-ring (bicyclic) bond motifs is 1. The number of aryl methyl sites for hydroxylation is 1. The van der Waals surface area contributed by atoms with Crippen molar-refractivity contribution in [2.24, 2.45) is 0 Å². The number of benzene rings is 1. The Hall–Kier alpha value is -1.94. The van der Waals surface area contributed by atoms with Gasteiger partial charge in [0.05, 0.1) is 10.2 Å². The molecule has 0 bridgehead atoms. The molecule has 2 heterocycles. The molecule has 0 saturated carbocycles. The fourth-order valence-corrected chi connectivity index (χ4v) is 3.04. The van der Waals surface area contributed by atoms with Crippen LogP contribution in [0, 0.1) is 6.92 Å². The van der Waals surface area contributed by atoms with Gasteiger partial charge >= 0.3 is 0 Å². The Balaban J connectivity index is 1.87. The summed E-state index contributed by atoms with van der Waals surface area (Å²) in [6, 6.07) is 10.4. The normalized spacial score (nSPS) is 10.8. The SMILES string of the molecule is Cc1ccc2nc(N(C)Cc3cccnc3)sc2c1. The highest BCUT2D eigenvalue weighted by atomic mass is 32.1. The zero-order chi connectivity index (χ0) is 13.2. The van der Waals surface area contributed by atoms with E-state index >= 15 is 0 Å². The van der Waals surface area contributed by atoms with Crippen LogP contribution in [0.4, 0.5) is 5.13 Å². The second-order valence-electron chi connectivity index (χ2n) is 4.68. The Morgan fingerprint density at radius 1 is 1.26 bits per heavy atom. The molecule has 0 fully saturated rings. The summed E-state index contributed by atoms with van der Waals surface area (Å²) >= 11 is 1.73. The van der Waals surface area contributed by atoms with Gasteiger partial charge in [-0.15, -0.1) is 0 Å². The zero-order valence-electron chi connectivity index (χ0n) is 11.0. The predicted molar refractivity (Wildman–Crippen MR) is 80.7 cm³/mol. The van der Waals surface area contributed by atoms with Gasteiger partial charge in [0.15, 0.2) is 5.13 Å². The Kier molecular flexibility index (Phi) is 3.17. The number of hydrogen-bond donors (Lipinski definition) is 0. The van der Waals surface area contributed by atoms with E-state index in [-0.39, 0.29) is 0 Å². The van der Waals surface area contributed by atoms with Gasteiger partial charge in [-0.05, 0) is 36.2 Å². The number of thiazole rings is 1. The Morgan fingerprint density at radius 3 is 2.95 bits per heavy atom. The number of rotatable bonds is 3. The van der Waals surface area contributed by atoms with Crippen LogP contribution in [0.15, 0.2) is 42.7 Å². The summed E-state index contributed by atoms with van der Waals surface area (Å²) in [5, 5.41) is 1.05. The van der Waals surface area contributed by atoms with Gasteiger partial charge in [0.1, 0.15) is 0 Å². The fourth-order valence-electron chi connectivity index (χ4n) is 2.02. The molecule has 19 heavy (non-hydrogen) atoms. The molecule has 0 aliphatic rings. The van der Waals surface area contributed by atoms with E-state index in [4.69, 9.17) is 0 Å². The number of aromatic nitrogens is 2. The quantitative estimate of drug-likeness (QED) is 0.727. The molecule has 4 heteroatoms. The van der Waals surface area contributed by atoms with Crippen molar-refractivity contribution in [3.05, 3.63) is 53.9 Å². The summed E-state index contributed by atoms with van der Waals surface area (Å²) in [5.41, 5.74) is 3.54. The third-order valence-corrected chi connectivity index (χ3v) is 4.13. The number of pyridine rings is 1. The molecule has 96 valence electrons. The van der Waals surface area contributed by atoms with Crippen molar-refractivity contribution >= 4 is 26.7 Å². The lowest BCUT2D eigenvalue weighted by atomic mass is 10.2. The summed E-state index contributed by atoms with van der Waals surface area (Å²) in [4.78, 5) is 11.0. The van der Waals surface area contributed by atoms with Crippen LogP contribution < -0.4 is 4.90 Å². The van der Waals surface area contributed by atoms with Gasteiger partial charge in [-0.3, -0.25) is 4.98 Å². The monoisotopic (exact) mass is 269 g/mol. The van der Waals surface area contributed by atoms with Gasteiger partial charge in [-0.2, -0.15) is 0 Å². The van der Waals surface area contributed by atoms with Crippen molar-refractivity contribution in [1.29, 1.82) is 0 Å². The zero-order valence-corrected chi connectivity index (χ0v) is 11.8. The molecule has 3 aromatic rings. The van der Waals surface area contributed by atoms with Crippen molar-refractivity contribution in [3.8, 4) is 0 Å². The second kappa shape index (κ2) is 4.97. The first-order chi connectivity index (χ1) is 9.22. The minimum absolute atomic E-state index is 0.826. The average Bonchev–Trinajstić information content (AvgIpc) is 2.83. The van der Waals surface area contributed by atoms with Crippen LogP contribution in [0.1, 0.15) is 11.1 Å². The second-order valence-corrected chi connectivity index (χ2v) is 5.69. The van der Waals surface area contributed by atoms with Crippen LogP contribution in [-0.2, 0) is 6.54 Å². The highest BCUT2D eigenvalue weighted by molar-refractivity contribution is 7.22. The summed E-state index contributed by atoms with van der Waals surface area (Å²) in [5.74, 6) is 0. The Morgan fingerprint density at radius 2 is 2.16 bits per heavy atom. The van der Waals surface area contributed by atoms with Crippen molar-refractivity contribution in [2.75, 3.05) is 11.9 Å². The van der Waals surface area contributed by atoms with E-state index in [2.05, 4.69) is 53.1 Å². The molecule has 2 aromatic heterocycles. The molecule has 0 spiro atoms. The van der Waals surface area contributed by atoms with Crippen LogP contribution in [0.25, 0.3) is 10.2 Å². The van der Waals surface area contributed by atoms with E-state index in [1.54, 1.807) is 17.5 Å². The third-order valence-electron chi connectivity index (χ3n) is 3.00. The molecule has 0 aliphatic heterocycles. The first-order valence-corrected chi connectivity index (χ1v) is 7.01. The number of hydrogen-bond acceptors (Lipinski definition) is 4. The van der Waals surface area contributed by atoms with Gasteiger partial charge in [0.2, 0.25) is 0 Å². The van der Waals surface area contributed by atoms with Crippen molar-refractivity contribution in [1.82, 2.24) is 9.97 Å². The van der Waals surface area contributed by atoms with Gasteiger partial charge < -0.3 is 4.90 Å². The van der Waals surface area contributed by atoms with Crippen LogP contribution in [0.5, 0.6) is 0 Å². The molecule has 0 radical (unpaired) electrons. The highest BCUT2D eigenvalue weighted by Gasteiger charge is 2.09. The van der Waals surface area contributed by atoms with E-state index in [9.17, 15) is 0 Å². The molecule has 0 atom stereocenters. The maximum Gasteiger partial charge on any atom is 0.186 e. The standard InChI is InChI=1S/C15H15N3S/c1-11-5-6-13-14(8-11)19-15(17-13)18(2)10-12-4-3-7-16-9-12/h3-9H,10H2,1-2H3. The van der Waals surface area contributed by atoms with Gasteiger partial charge in [-0.1, -0.05) is 23.5 Å². The number of nitrogens with zero attached hydrogens (tertiary/aromatic N) is 3. The summed E-state index contributed by atoms with van der Waals surface area (Å²) in [7, 11) is 2.07. The lowest BCUT2D eigenvalue weighted by Crippen LogP contribution is -2.15. The molecule has 0 amide bonds. The molecule has 3 nitrogen and oxygen atoms in total. The summed E-state index contributed by atoms with van der Waals surface area (Å²) < 4.78 is 1.24. The molecule has 1 aromatic carbocycles. The maximum atomic E-state index is 4.67. The number of anilines is 1. The minimum Gasteiger partial charge on any atom is -0.347 e. The lowest BCUT2D eigenvalue weighted by Gasteiger charge is -2.14. The van der Waals surface area contributed by atoms with Crippen LogP contribution in [0.2, 0.25) is 0 Å². The van der Waals surface area contributed by atoms with E-state index < -0.39 is 0 Å². The molecule has 3 rings (SSSR count). The van der Waals surface area contributed by atoms with E-state index in [1.165, 1.54) is 15.8 Å². The van der Waals surface area contributed by atoms with Crippen molar-refractivity contribution < 1.29 is 0 Å². The summed E-state index contributed by atoms with van der Waals surface area (Å²) in [6.07, 6.45) is 3.69. The van der Waals surface area contributed by atoms with Gasteiger partial charge in [0.25, 0.3) is 0 Å². The first kappa shape index (κ1) is 12.1. The predicted octanol–water partition coefficient (Wildman–Crippen LogP) is 3.64. The maximum absolute atomic E-state index is 4.67. The lowest BCUT2D eigenvalue weighted by molar-refractivity contribution is 0.910. The van der Waals surface area contributed by atoms with Crippen molar-refractivity contribution in [3.63, 3.8) is 0 Å². The first-order valence-electron chi connectivity index (χ1n) is 6.19. The molecule has 0 unspecified atom stereocenters. The Labute approximate surface area is 116 Å². The molecular formula is C15H15N3S. The van der Waals surface area contributed by atoms with Crippen LogP contribution >= 0.6 is 11.3 Å². The molecule has 0 saturated heterocycles. The third kappa shape index (κ3) is 2.58. The van der Waals surface area contributed by atoms with Gasteiger partial charge in [-0.25, -0.2) is 4.98 Å². The summed E-state index contributed by atoms with van der Waals surface area (Å²) in [6.45, 7) is 2.94. The fraction of sp³-hybridized carbons (Fsp3) is 0.200. The van der Waals surface area contributed by atoms with E-state index in [0.29, 0.717) is 0 Å². The van der Waals surface area contributed by atoms with E-state index in [0.717, 1.165) is 17.2 Å². The minimum atomic E-state index is 0.826. The average molecular weight is 269 g/mol. The highest BCUT2D eigenvalue weighted by Crippen LogP contribution is 2.29. The van der Waals surface area contributed by atoms with Crippen molar-refractivity contribution in [2.45, 2.75) is 13.5 Å². The van der Waals surface area contributed by atoms with E-state index in [1.807, 2.05) is 12.3 Å².